The van der Waals surface area contributed by atoms with Gasteiger partial charge in [-0.25, -0.2) is 9.79 Å². The first kappa shape index (κ1) is 22.2. The maximum atomic E-state index is 13.5. The summed E-state index contributed by atoms with van der Waals surface area (Å²) in [6.45, 7) is 2.14. The minimum atomic E-state index is -5.33. The quantitative estimate of drug-likeness (QED) is 0.503. The van der Waals surface area contributed by atoms with E-state index in [0.717, 1.165) is 0 Å². The molecule has 1 saturated carbocycles. The van der Waals surface area contributed by atoms with E-state index in [9.17, 15) is 35.9 Å². The zero-order chi connectivity index (χ0) is 21.3. The second kappa shape index (κ2) is 8.12. The lowest BCUT2D eigenvalue weighted by Gasteiger charge is -2.41. The molecule has 0 spiro atoms. The average Bonchev–Trinajstić information content (AvgIpc) is 2.50. The lowest BCUT2D eigenvalue weighted by atomic mass is 9.64. The van der Waals surface area contributed by atoms with E-state index in [4.69, 9.17) is 0 Å². The monoisotopic (exact) mass is 415 g/mol. The van der Waals surface area contributed by atoms with Crippen LogP contribution in [0.5, 0.6) is 0 Å². The number of hydrogen-bond donors (Lipinski definition) is 0. The zero-order valence-electron chi connectivity index (χ0n) is 15.1. The van der Waals surface area contributed by atoms with Crippen molar-refractivity contribution in [1.82, 2.24) is 0 Å². The normalized spacial score (nSPS) is 23.8. The summed E-state index contributed by atoms with van der Waals surface area (Å²) < 4.78 is 90.6. The molecule has 0 aromatic rings. The number of alkyl halides is 6. The molecule has 0 saturated heterocycles. The Labute approximate surface area is 156 Å². The number of rotatable bonds is 5. The second-order valence-electron chi connectivity index (χ2n) is 6.42. The molecule has 0 aromatic heterocycles. The topological polar surface area (TPSA) is 65.0 Å². The third-order valence-corrected chi connectivity index (χ3v) is 4.73. The summed E-state index contributed by atoms with van der Waals surface area (Å²) >= 11 is 0. The Hall–Kier alpha value is -2.07. The molecule has 0 N–H and O–H groups in total. The summed E-state index contributed by atoms with van der Waals surface area (Å²) in [6, 6.07) is 0. The van der Waals surface area contributed by atoms with Crippen molar-refractivity contribution in [1.29, 1.82) is 0 Å². The van der Waals surface area contributed by atoms with Gasteiger partial charge < -0.3 is 9.47 Å². The molecular formula is C17H19F6NO4. The Morgan fingerprint density at radius 2 is 1.57 bits per heavy atom. The molecule has 0 radical (unpaired) electrons. The maximum absolute atomic E-state index is 13.5. The number of allylic oxidation sites excluding steroid dienone is 1. The Bertz CT molecular complexity index is 691. The molecule has 1 fully saturated rings. The molecule has 0 amide bonds. The van der Waals surface area contributed by atoms with Crippen LogP contribution in [0.4, 0.5) is 26.3 Å². The van der Waals surface area contributed by atoms with Gasteiger partial charge in [-0.3, -0.25) is 4.79 Å². The van der Waals surface area contributed by atoms with E-state index in [1.165, 1.54) is 13.8 Å². The molecule has 2 aliphatic rings. The van der Waals surface area contributed by atoms with Gasteiger partial charge in [-0.15, -0.1) is 0 Å². The van der Waals surface area contributed by atoms with Gasteiger partial charge in [0.25, 0.3) is 0 Å². The van der Waals surface area contributed by atoms with Gasteiger partial charge in [0, 0.05) is 5.92 Å². The molecule has 11 heteroatoms. The summed E-state index contributed by atoms with van der Waals surface area (Å²) in [7, 11) is 0. The Balaban J connectivity index is 2.76. The van der Waals surface area contributed by atoms with Crippen LogP contribution in [0.25, 0.3) is 0 Å². The van der Waals surface area contributed by atoms with Crippen molar-refractivity contribution in [3.05, 3.63) is 11.3 Å². The van der Waals surface area contributed by atoms with Crippen molar-refractivity contribution in [2.75, 3.05) is 13.2 Å². The van der Waals surface area contributed by atoms with E-state index in [2.05, 4.69) is 14.5 Å². The first-order chi connectivity index (χ1) is 12.9. The summed E-state index contributed by atoms with van der Waals surface area (Å²) in [4.78, 5) is 27.4. The highest BCUT2D eigenvalue weighted by molar-refractivity contribution is 6.09. The Morgan fingerprint density at radius 1 is 1.00 bits per heavy atom. The number of aliphatic imine (C=N–C) groups is 1. The number of halogens is 6. The highest BCUT2D eigenvalue weighted by atomic mass is 19.4. The molecule has 5 nitrogen and oxygen atoms in total. The zero-order valence-corrected chi connectivity index (χ0v) is 15.1. The van der Waals surface area contributed by atoms with Crippen molar-refractivity contribution < 1.29 is 45.4 Å². The molecule has 2 atom stereocenters. The van der Waals surface area contributed by atoms with E-state index in [1.54, 1.807) is 0 Å². The van der Waals surface area contributed by atoms with Gasteiger partial charge in [-0.1, -0.05) is 6.42 Å². The molecule has 2 rings (SSSR count). The van der Waals surface area contributed by atoms with Crippen molar-refractivity contribution in [3.63, 3.8) is 0 Å². The number of nitrogens with zero attached hydrogens (tertiary/aromatic N) is 1. The number of ether oxygens (including phenoxy) is 2. The maximum Gasteiger partial charge on any atom is 0.433 e. The first-order valence-corrected chi connectivity index (χ1v) is 8.74. The van der Waals surface area contributed by atoms with Crippen LogP contribution in [0.3, 0.4) is 0 Å². The van der Waals surface area contributed by atoms with E-state index < -0.39 is 59.0 Å². The van der Waals surface area contributed by atoms with Crippen LogP contribution in [-0.2, 0) is 19.1 Å². The van der Waals surface area contributed by atoms with Gasteiger partial charge >= 0.3 is 24.3 Å². The Morgan fingerprint density at radius 3 is 1.96 bits per heavy atom. The van der Waals surface area contributed by atoms with Crippen LogP contribution in [0.2, 0.25) is 0 Å². The van der Waals surface area contributed by atoms with Crippen LogP contribution in [-0.4, -0.2) is 43.2 Å². The molecule has 0 bridgehead atoms. The molecule has 158 valence electrons. The Kier molecular flexibility index (Phi) is 6.44. The number of esters is 2. The summed E-state index contributed by atoms with van der Waals surface area (Å²) in [6.07, 6.45) is -9.53. The fraction of sp³-hybridized carbons (Fsp3) is 0.706. The summed E-state index contributed by atoms with van der Waals surface area (Å²) in [5.41, 5.74) is -4.90. The van der Waals surface area contributed by atoms with Crippen LogP contribution < -0.4 is 0 Å². The number of carbonyl (C=O) groups is 2. The smallest absolute Gasteiger partial charge is 0.433 e. The fourth-order valence-corrected chi connectivity index (χ4v) is 3.44. The van der Waals surface area contributed by atoms with E-state index in [0.29, 0.717) is 6.42 Å². The number of carbonyl (C=O) groups excluding carboxylic acids is 2. The van der Waals surface area contributed by atoms with Gasteiger partial charge in [0.1, 0.15) is 11.6 Å². The highest BCUT2D eigenvalue weighted by Crippen LogP contribution is 2.50. The van der Waals surface area contributed by atoms with Gasteiger partial charge in [0.05, 0.1) is 18.8 Å². The molecule has 2 unspecified atom stereocenters. The van der Waals surface area contributed by atoms with Crippen molar-refractivity contribution in [2.24, 2.45) is 22.7 Å². The minimum absolute atomic E-state index is 0.275. The third kappa shape index (κ3) is 4.33. The second-order valence-corrected chi connectivity index (χ2v) is 6.42. The average molecular weight is 415 g/mol. The van der Waals surface area contributed by atoms with Crippen molar-refractivity contribution in [3.8, 4) is 0 Å². The van der Waals surface area contributed by atoms with Crippen molar-refractivity contribution in [2.45, 2.75) is 45.5 Å². The minimum Gasteiger partial charge on any atom is -0.465 e. The predicted octanol–water partition coefficient (Wildman–Crippen LogP) is 3.98. The van der Waals surface area contributed by atoms with Crippen LogP contribution in [0.15, 0.2) is 16.3 Å². The molecule has 28 heavy (non-hydrogen) atoms. The standard InChI is InChI=1S/C17H19F6NO4/c1-3-27-14(25)10-9(8-6-5-7-8)11(15(26)28-4-2)13(17(21,22)23)24-12(10)16(18,19)20/h8-10H,3-7H2,1-2H3. The third-order valence-electron chi connectivity index (χ3n) is 4.73. The van der Waals surface area contributed by atoms with E-state index in [1.807, 2.05) is 0 Å². The number of hydrogen-bond acceptors (Lipinski definition) is 5. The highest BCUT2D eigenvalue weighted by Gasteiger charge is 2.58. The summed E-state index contributed by atoms with van der Waals surface area (Å²) in [5.74, 6) is -7.34. The lowest BCUT2D eigenvalue weighted by molar-refractivity contribution is -0.151. The van der Waals surface area contributed by atoms with Crippen LogP contribution >= 0.6 is 0 Å². The molecule has 1 heterocycles. The fourth-order valence-electron chi connectivity index (χ4n) is 3.44. The predicted molar refractivity (Wildman–Crippen MR) is 84.2 cm³/mol. The van der Waals surface area contributed by atoms with Gasteiger partial charge in [-0.2, -0.15) is 26.3 Å². The lowest BCUT2D eigenvalue weighted by Crippen LogP contribution is -2.49. The molecule has 1 aliphatic carbocycles. The molecular weight excluding hydrogens is 396 g/mol. The SMILES string of the molecule is CCOC(=O)C1=C(C(F)(F)F)N=C(C(F)(F)F)C(C(=O)OCC)C1C1CCC1. The van der Waals surface area contributed by atoms with Crippen molar-refractivity contribution >= 4 is 17.7 Å². The van der Waals surface area contributed by atoms with Crippen LogP contribution in [0, 0.1) is 17.8 Å². The van der Waals surface area contributed by atoms with Gasteiger partial charge in [-0.05, 0) is 32.6 Å². The molecule has 1 aliphatic heterocycles. The molecule has 0 aromatic carbocycles. The van der Waals surface area contributed by atoms with E-state index >= 15 is 0 Å². The van der Waals surface area contributed by atoms with Crippen LogP contribution in [0.1, 0.15) is 33.1 Å². The largest absolute Gasteiger partial charge is 0.465 e. The van der Waals surface area contributed by atoms with E-state index in [-0.39, 0.29) is 26.1 Å². The summed E-state index contributed by atoms with van der Waals surface area (Å²) in [5, 5.41) is 0. The van der Waals surface area contributed by atoms with Gasteiger partial charge in [0.2, 0.25) is 0 Å². The van der Waals surface area contributed by atoms with Gasteiger partial charge in [0.15, 0.2) is 5.70 Å². The first-order valence-electron chi connectivity index (χ1n) is 8.74.